The van der Waals surface area contributed by atoms with E-state index in [1.807, 2.05) is 19.1 Å². The zero-order valence-electron chi connectivity index (χ0n) is 12.4. The van der Waals surface area contributed by atoms with Gasteiger partial charge in [-0.1, -0.05) is 18.9 Å². The minimum atomic E-state index is -0.884. The molecule has 1 aliphatic carbocycles. The van der Waals surface area contributed by atoms with Crippen LogP contribution in [0.3, 0.4) is 0 Å². The number of aliphatic carboxylic acids is 1. The minimum Gasteiger partial charge on any atom is -0.495 e. The van der Waals surface area contributed by atoms with Gasteiger partial charge in [0.15, 0.2) is 0 Å². The fraction of sp³-hybridized carbons (Fsp3) is 0.500. The molecule has 1 saturated carbocycles. The van der Waals surface area contributed by atoms with Gasteiger partial charge in [-0.15, -0.1) is 0 Å². The third-order valence-corrected chi connectivity index (χ3v) is 4.03. The molecule has 0 radical (unpaired) electrons. The van der Waals surface area contributed by atoms with Crippen molar-refractivity contribution in [2.24, 2.45) is 11.8 Å². The molecular weight excluding hydrogens is 270 g/mol. The average molecular weight is 291 g/mol. The van der Waals surface area contributed by atoms with Crippen molar-refractivity contribution < 1.29 is 19.4 Å². The van der Waals surface area contributed by atoms with E-state index >= 15 is 0 Å². The van der Waals surface area contributed by atoms with E-state index < -0.39 is 17.8 Å². The lowest BCUT2D eigenvalue weighted by Gasteiger charge is -2.27. The number of anilines is 1. The molecule has 1 aromatic rings. The smallest absolute Gasteiger partial charge is 0.307 e. The third kappa shape index (κ3) is 3.54. The largest absolute Gasteiger partial charge is 0.495 e. The lowest BCUT2D eigenvalue weighted by atomic mass is 9.78. The quantitative estimate of drug-likeness (QED) is 0.894. The number of hydrogen-bond acceptors (Lipinski definition) is 3. The molecule has 2 rings (SSSR count). The Morgan fingerprint density at radius 3 is 2.52 bits per heavy atom. The van der Waals surface area contributed by atoms with Crippen molar-refractivity contribution in [2.45, 2.75) is 32.6 Å². The van der Waals surface area contributed by atoms with E-state index in [4.69, 9.17) is 4.74 Å². The van der Waals surface area contributed by atoms with E-state index in [0.29, 0.717) is 24.3 Å². The summed E-state index contributed by atoms with van der Waals surface area (Å²) in [6.07, 6.45) is 2.96. The topological polar surface area (TPSA) is 75.6 Å². The van der Waals surface area contributed by atoms with Gasteiger partial charge in [0.05, 0.1) is 24.6 Å². The van der Waals surface area contributed by atoms with Gasteiger partial charge in [0.2, 0.25) is 5.91 Å². The van der Waals surface area contributed by atoms with Crippen LogP contribution in [0.25, 0.3) is 0 Å². The molecule has 5 nitrogen and oxygen atoms in total. The predicted molar refractivity (Wildman–Crippen MR) is 79.4 cm³/mol. The Hall–Kier alpha value is -2.04. The summed E-state index contributed by atoms with van der Waals surface area (Å²) in [5.74, 6) is -1.58. The molecule has 0 unspecified atom stereocenters. The molecule has 0 spiro atoms. The molecule has 114 valence electrons. The maximum Gasteiger partial charge on any atom is 0.307 e. The first-order valence-electron chi connectivity index (χ1n) is 7.21. The number of carboxylic acid groups (broad SMARTS) is 1. The van der Waals surface area contributed by atoms with Crippen molar-refractivity contribution in [1.29, 1.82) is 0 Å². The second-order valence-electron chi connectivity index (χ2n) is 5.53. The van der Waals surface area contributed by atoms with Gasteiger partial charge < -0.3 is 15.2 Å². The van der Waals surface area contributed by atoms with Gasteiger partial charge in [0.1, 0.15) is 5.75 Å². The summed E-state index contributed by atoms with van der Waals surface area (Å²) in [6.45, 7) is 1.94. The normalized spacial score (nSPS) is 21.6. The van der Waals surface area contributed by atoms with E-state index in [9.17, 15) is 14.7 Å². The summed E-state index contributed by atoms with van der Waals surface area (Å²) in [5.41, 5.74) is 1.62. The Morgan fingerprint density at radius 1 is 1.24 bits per heavy atom. The van der Waals surface area contributed by atoms with Crippen LogP contribution < -0.4 is 10.1 Å². The number of carbonyl (C=O) groups excluding carboxylic acids is 1. The summed E-state index contributed by atoms with van der Waals surface area (Å²) >= 11 is 0. The van der Waals surface area contributed by atoms with Gasteiger partial charge in [0, 0.05) is 0 Å². The molecule has 0 bridgehead atoms. The molecule has 2 N–H and O–H groups in total. The summed E-state index contributed by atoms with van der Waals surface area (Å²) in [7, 11) is 1.55. The standard InChI is InChI=1S/C16H21NO4/c1-10-7-8-13(14(9-10)21-2)17-15(18)11-5-3-4-6-12(11)16(19)20/h7-9,11-12H,3-6H2,1-2H3,(H,17,18)(H,19,20)/t11-,12+/m1/s1. The number of carboxylic acids is 1. The van der Waals surface area contributed by atoms with Crippen molar-refractivity contribution in [1.82, 2.24) is 0 Å². The highest BCUT2D eigenvalue weighted by Crippen LogP contribution is 2.32. The average Bonchev–Trinajstić information content (AvgIpc) is 2.48. The van der Waals surface area contributed by atoms with Crippen molar-refractivity contribution >= 4 is 17.6 Å². The first kappa shape index (κ1) is 15.4. The van der Waals surface area contributed by atoms with E-state index in [1.165, 1.54) is 0 Å². The monoisotopic (exact) mass is 291 g/mol. The lowest BCUT2D eigenvalue weighted by Crippen LogP contribution is -2.36. The number of ether oxygens (including phenoxy) is 1. The maximum atomic E-state index is 12.4. The highest BCUT2D eigenvalue weighted by Gasteiger charge is 2.35. The van der Waals surface area contributed by atoms with Crippen molar-refractivity contribution in [3.8, 4) is 5.75 Å². The number of amides is 1. The van der Waals surface area contributed by atoms with Crippen molar-refractivity contribution in [3.05, 3.63) is 23.8 Å². The van der Waals surface area contributed by atoms with Gasteiger partial charge in [-0.05, 0) is 37.5 Å². The Balaban J connectivity index is 2.15. The minimum absolute atomic E-state index is 0.232. The second-order valence-corrected chi connectivity index (χ2v) is 5.53. The molecular formula is C16H21NO4. The molecule has 1 aliphatic rings. The number of methoxy groups -OCH3 is 1. The zero-order valence-corrected chi connectivity index (χ0v) is 12.4. The molecule has 2 atom stereocenters. The first-order chi connectivity index (χ1) is 10.0. The van der Waals surface area contributed by atoms with Crippen molar-refractivity contribution in [2.75, 3.05) is 12.4 Å². The van der Waals surface area contributed by atoms with Crippen LogP contribution in [0.2, 0.25) is 0 Å². The number of nitrogens with one attached hydrogen (secondary N) is 1. The Labute approximate surface area is 124 Å². The number of rotatable bonds is 4. The number of hydrogen-bond donors (Lipinski definition) is 2. The van der Waals surface area contributed by atoms with Crippen LogP contribution in [0.15, 0.2) is 18.2 Å². The Morgan fingerprint density at radius 2 is 1.90 bits per heavy atom. The van der Waals surface area contributed by atoms with Crippen molar-refractivity contribution in [3.63, 3.8) is 0 Å². The van der Waals surface area contributed by atoms with Crippen LogP contribution >= 0.6 is 0 Å². The maximum absolute atomic E-state index is 12.4. The summed E-state index contributed by atoms with van der Waals surface area (Å²) in [4.78, 5) is 23.7. The molecule has 1 aromatic carbocycles. The van der Waals surface area contributed by atoms with Gasteiger partial charge in [-0.25, -0.2) is 0 Å². The molecule has 5 heteroatoms. The van der Waals surface area contributed by atoms with E-state index in [0.717, 1.165) is 18.4 Å². The second kappa shape index (κ2) is 6.61. The highest BCUT2D eigenvalue weighted by molar-refractivity contribution is 5.96. The molecule has 1 fully saturated rings. The first-order valence-corrected chi connectivity index (χ1v) is 7.21. The van der Waals surface area contributed by atoms with Crippen LogP contribution in [0.1, 0.15) is 31.2 Å². The number of carbonyl (C=O) groups is 2. The summed E-state index contributed by atoms with van der Waals surface area (Å²) in [5, 5.41) is 12.1. The van der Waals surface area contributed by atoms with Crippen LogP contribution in [-0.4, -0.2) is 24.1 Å². The fourth-order valence-corrected chi connectivity index (χ4v) is 2.87. The van der Waals surface area contributed by atoms with Crippen LogP contribution in [0.4, 0.5) is 5.69 Å². The van der Waals surface area contributed by atoms with E-state index in [2.05, 4.69) is 5.32 Å². The van der Waals surface area contributed by atoms with Gasteiger partial charge in [-0.2, -0.15) is 0 Å². The number of aryl methyl sites for hydroxylation is 1. The summed E-state index contributed by atoms with van der Waals surface area (Å²) in [6, 6.07) is 5.50. The molecule has 0 aromatic heterocycles. The van der Waals surface area contributed by atoms with Crippen LogP contribution in [0, 0.1) is 18.8 Å². The Bertz CT molecular complexity index is 541. The molecule has 0 aliphatic heterocycles. The molecule has 1 amide bonds. The molecule has 0 saturated heterocycles. The van der Waals surface area contributed by atoms with Gasteiger partial charge >= 0.3 is 5.97 Å². The highest BCUT2D eigenvalue weighted by atomic mass is 16.5. The number of benzene rings is 1. The predicted octanol–water partition coefficient (Wildman–Crippen LogP) is 2.83. The van der Waals surface area contributed by atoms with E-state index in [-0.39, 0.29) is 5.91 Å². The van der Waals surface area contributed by atoms with Crippen LogP contribution in [-0.2, 0) is 9.59 Å². The molecule has 21 heavy (non-hydrogen) atoms. The van der Waals surface area contributed by atoms with E-state index in [1.54, 1.807) is 13.2 Å². The fourth-order valence-electron chi connectivity index (χ4n) is 2.87. The zero-order chi connectivity index (χ0) is 15.4. The van der Waals surface area contributed by atoms with Gasteiger partial charge in [0.25, 0.3) is 0 Å². The molecule has 0 heterocycles. The lowest BCUT2D eigenvalue weighted by molar-refractivity contribution is -0.147. The SMILES string of the molecule is COc1cc(C)ccc1NC(=O)[C@@H]1CCCC[C@@H]1C(=O)O. The van der Waals surface area contributed by atoms with Gasteiger partial charge in [-0.3, -0.25) is 9.59 Å². The van der Waals surface area contributed by atoms with Crippen LogP contribution in [0.5, 0.6) is 5.75 Å². The summed E-state index contributed by atoms with van der Waals surface area (Å²) < 4.78 is 5.26. The Kier molecular flexibility index (Phi) is 4.83. The third-order valence-electron chi connectivity index (χ3n) is 4.03.